The Bertz CT molecular complexity index is 571. The number of amides is 1. The molecule has 1 aromatic carbocycles. The molecule has 5 nitrogen and oxygen atoms in total. The second-order valence-corrected chi connectivity index (χ2v) is 7.00. The van der Waals surface area contributed by atoms with E-state index in [-0.39, 0.29) is 10.6 Å². The van der Waals surface area contributed by atoms with Gasteiger partial charge in [-0.1, -0.05) is 33.6 Å². The van der Waals surface area contributed by atoms with Gasteiger partial charge in [-0.3, -0.25) is 0 Å². The van der Waals surface area contributed by atoms with Crippen molar-refractivity contribution in [2.45, 2.75) is 38.8 Å². The van der Waals surface area contributed by atoms with Gasteiger partial charge in [-0.2, -0.15) is 0 Å². The van der Waals surface area contributed by atoms with Crippen molar-refractivity contribution in [1.82, 2.24) is 5.32 Å². The van der Waals surface area contributed by atoms with E-state index in [4.69, 9.17) is 16.3 Å². The lowest BCUT2D eigenvalue weighted by Gasteiger charge is -2.29. The quantitative estimate of drug-likeness (QED) is 0.835. The summed E-state index contributed by atoms with van der Waals surface area (Å²) in [6, 6.07) is 4.76. The van der Waals surface area contributed by atoms with E-state index in [1.165, 1.54) is 13.0 Å². The zero-order valence-corrected chi connectivity index (χ0v) is 14.5. The van der Waals surface area contributed by atoms with Gasteiger partial charge in [-0.05, 0) is 39.8 Å². The molecule has 1 rings (SSSR count). The Hall–Kier alpha value is -1.27. The van der Waals surface area contributed by atoms with Crippen molar-refractivity contribution in [3.8, 4) is 0 Å². The van der Waals surface area contributed by atoms with Crippen molar-refractivity contribution in [1.29, 1.82) is 0 Å². The molecule has 0 aliphatic heterocycles. The van der Waals surface area contributed by atoms with Gasteiger partial charge in [0.2, 0.25) is 0 Å². The Kier molecular flexibility index (Phi) is 5.28. The third-order valence-electron chi connectivity index (χ3n) is 2.65. The van der Waals surface area contributed by atoms with Crippen LogP contribution < -0.4 is 5.32 Å². The lowest BCUT2D eigenvalue weighted by molar-refractivity contribution is -0.144. The van der Waals surface area contributed by atoms with Crippen molar-refractivity contribution >= 4 is 39.6 Å². The van der Waals surface area contributed by atoms with Crippen molar-refractivity contribution in [3.63, 3.8) is 0 Å². The zero-order chi connectivity index (χ0) is 16.4. The summed E-state index contributed by atoms with van der Waals surface area (Å²) in [5, 5.41) is 12.1. The maximum absolute atomic E-state index is 11.9. The molecule has 1 atom stereocenters. The van der Waals surface area contributed by atoms with Crippen LogP contribution in [0.5, 0.6) is 0 Å². The highest BCUT2D eigenvalue weighted by Gasteiger charge is 2.39. The Labute approximate surface area is 136 Å². The van der Waals surface area contributed by atoms with Gasteiger partial charge in [0.1, 0.15) is 5.60 Å². The molecule has 0 saturated heterocycles. The first-order chi connectivity index (χ1) is 9.45. The summed E-state index contributed by atoms with van der Waals surface area (Å²) < 4.78 is 5.81. The molecule has 0 saturated carbocycles. The number of carbonyl (C=O) groups excluding carboxylic acids is 1. The number of rotatable bonds is 3. The molecule has 0 bridgehead atoms. The number of aliphatic carboxylic acids is 1. The van der Waals surface area contributed by atoms with E-state index in [0.29, 0.717) is 4.47 Å². The minimum atomic E-state index is -1.69. The molecule has 1 aromatic rings. The number of halogens is 2. The topological polar surface area (TPSA) is 75.6 Å². The van der Waals surface area contributed by atoms with Crippen LogP contribution in [0.4, 0.5) is 4.79 Å². The lowest BCUT2D eigenvalue weighted by Crippen LogP contribution is -2.51. The molecule has 0 heterocycles. The molecule has 0 aromatic heterocycles. The second-order valence-electron chi connectivity index (χ2n) is 5.68. The molecule has 1 amide bonds. The van der Waals surface area contributed by atoms with Gasteiger partial charge in [0, 0.05) is 15.1 Å². The monoisotopic (exact) mass is 377 g/mol. The number of hydrogen-bond donors (Lipinski definition) is 2. The summed E-state index contributed by atoms with van der Waals surface area (Å²) in [5.41, 5.74) is -2.15. The Balaban J connectivity index is 3.15. The van der Waals surface area contributed by atoms with Gasteiger partial charge in [0.05, 0.1) is 0 Å². The average molecular weight is 379 g/mol. The predicted molar refractivity (Wildman–Crippen MR) is 83.5 cm³/mol. The van der Waals surface area contributed by atoms with Gasteiger partial charge in [0.15, 0.2) is 5.54 Å². The smallest absolute Gasteiger partial charge is 0.408 e. The number of benzene rings is 1. The third kappa shape index (κ3) is 4.61. The number of carboxylic acids is 1. The van der Waals surface area contributed by atoms with Crippen molar-refractivity contribution < 1.29 is 19.4 Å². The van der Waals surface area contributed by atoms with E-state index >= 15 is 0 Å². The highest BCUT2D eigenvalue weighted by molar-refractivity contribution is 9.10. The van der Waals surface area contributed by atoms with Crippen LogP contribution in [0, 0.1) is 0 Å². The number of nitrogens with one attached hydrogen (secondary N) is 1. The normalized spacial score (nSPS) is 14.2. The number of ether oxygens (including phenoxy) is 1. The Morgan fingerprint density at radius 3 is 2.29 bits per heavy atom. The van der Waals surface area contributed by atoms with Crippen LogP contribution >= 0.6 is 27.5 Å². The predicted octanol–water partition coefficient (Wildman–Crippen LogP) is 3.93. The summed E-state index contributed by atoms with van der Waals surface area (Å²) in [6.07, 6.45) is -0.827. The van der Waals surface area contributed by atoms with Crippen LogP contribution in [-0.2, 0) is 15.1 Å². The van der Waals surface area contributed by atoms with Gasteiger partial charge < -0.3 is 15.2 Å². The SMILES string of the molecule is CC(C)(C)OC(=O)NC(C)(C(=O)O)c1ccc(Br)cc1Cl. The first kappa shape index (κ1) is 17.8. The number of hydrogen-bond acceptors (Lipinski definition) is 3. The molecule has 0 fully saturated rings. The largest absolute Gasteiger partial charge is 0.479 e. The van der Waals surface area contributed by atoms with Gasteiger partial charge >= 0.3 is 12.1 Å². The summed E-state index contributed by atoms with van der Waals surface area (Å²) in [4.78, 5) is 23.5. The standard InChI is InChI=1S/C14H17BrClNO4/c1-13(2,3)21-12(20)17-14(4,11(18)19)9-6-5-8(15)7-10(9)16/h5-7H,1-4H3,(H,17,20)(H,18,19). The maximum atomic E-state index is 11.9. The van der Waals surface area contributed by atoms with E-state index in [1.54, 1.807) is 32.9 Å². The Morgan fingerprint density at radius 1 is 1.29 bits per heavy atom. The fourth-order valence-electron chi connectivity index (χ4n) is 1.64. The zero-order valence-electron chi connectivity index (χ0n) is 12.2. The minimum Gasteiger partial charge on any atom is -0.479 e. The van der Waals surface area contributed by atoms with Gasteiger partial charge in [0.25, 0.3) is 0 Å². The Morgan fingerprint density at radius 2 is 1.86 bits per heavy atom. The van der Waals surface area contributed by atoms with Crippen LogP contribution in [0.15, 0.2) is 22.7 Å². The van der Waals surface area contributed by atoms with Crippen molar-refractivity contribution in [3.05, 3.63) is 33.3 Å². The van der Waals surface area contributed by atoms with E-state index in [9.17, 15) is 14.7 Å². The summed E-state index contributed by atoms with van der Waals surface area (Å²) >= 11 is 9.34. The molecule has 0 aliphatic carbocycles. The first-order valence-corrected chi connectivity index (χ1v) is 7.33. The number of carbonyl (C=O) groups is 2. The molecular weight excluding hydrogens is 362 g/mol. The van der Waals surface area contributed by atoms with E-state index in [0.717, 1.165) is 0 Å². The second kappa shape index (κ2) is 6.23. The van der Waals surface area contributed by atoms with Gasteiger partial charge in [-0.15, -0.1) is 0 Å². The molecule has 0 spiro atoms. The summed E-state index contributed by atoms with van der Waals surface area (Å²) in [6.45, 7) is 6.43. The lowest BCUT2D eigenvalue weighted by atomic mass is 9.92. The molecule has 2 N–H and O–H groups in total. The third-order valence-corrected chi connectivity index (χ3v) is 3.45. The van der Waals surface area contributed by atoms with E-state index in [2.05, 4.69) is 21.2 Å². The molecule has 1 unspecified atom stereocenters. The minimum absolute atomic E-state index is 0.227. The van der Waals surface area contributed by atoms with Gasteiger partial charge in [-0.25, -0.2) is 9.59 Å². The average Bonchev–Trinajstić information content (AvgIpc) is 2.24. The fraction of sp³-hybridized carbons (Fsp3) is 0.429. The van der Waals surface area contributed by atoms with Crippen molar-refractivity contribution in [2.24, 2.45) is 0 Å². The number of carboxylic acid groups (broad SMARTS) is 1. The molecule has 116 valence electrons. The molecule has 21 heavy (non-hydrogen) atoms. The van der Waals surface area contributed by atoms with E-state index < -0.39 is 23.2 Å². The maximum Gasteiger partial charge on any atom is 0.408 e. The van der Waals surface area contributed by atoms with Crippen LogP contribution in [0.3, 0.4) is 0 Å². The molecule has 0 radical (unpaired) electrons. The number of alkyl carbamates (subject to hydrolysis) is 1. The molecule has 7 heteroatoms. The van der Waals surface area contributed by atoms with Crippen molar-refractivity contribution in [2.75, 3.05) is 0 Å². The van der Waals surface area contributed by atoms with Crippen LogP contribution in [-0.4, -0.2) is 22.8 Å². The van der Waals surface area contributed by atoms with Crippen LogP contribution in [0.2, 0.25) is 5.02 Å². The summed E-state index contributed by atoms with van der Waals surface area (Å²) in [7, 11) is 0. The van der Waals surface area contributed by atoms with Crippen LogP contribution in [0.1, 0.15) is 33.3 Å². The highest BCUT2D eigenvalue weighted by atomic mass is 79.9. The first-order valence-electron chi connectivity index (χ1n) is 6.16. The highest BCUT2D eigenvalue weighted by Crippen LogP contribution is 2.31. The fourth-order valence-corrected chi connectivity index (χ4v) is 2.50. The molecule has 0 aliphatic rings. The summed E-state index contributed by atoms with van der Waals surface area (Å²) in [5.74, 6) is -1.24. The van der Waals surface area contributed by atoms with Crippen LogP contribution in [0.25, 0.3) is 0 Å². The molecular formula is C14H17BrClNO4. The van der Waals surface area contributed by atoms with E-state index in [1.807, 2.05) is 0 Å².